The number of benzene rings is 2. The molecule has 0 fully saturated rings. The van der Waals surface area contributed by atoms with E-state index >= 15 is 0 Å². The van der Waals surface area contributed by atoms with Gasteiger partial charge in [-0.15, -0.1) is 0 Å². The minimum Gasteiger partial charge on any atom is -0.497 e. The third kappa shape index (κ3) is 5.48. The molecule has 0 atom stereocenters. The van der Waals surface area contributed by atoms with E-state index in [1.165, 1.54) is 11.8 Å². The van der Waals surface area contributed by atoms with E-state index in [1.807, 2.05) is 44.2 Å². The predicted molar refractivity (Wildman–Crippen MR) is 143 cm³/mol. The number of hydrogen-bond donors (Lipinski definition) is 1. The van der Waals surface area contributed by atoms with Gasteiger partial charge in [0.25, 0.3) is 0 Å². The summed E-state index contributed by atoms with van der Waals surface area (Å²) in [4.78, 5) is 19.9. The monoisotopic (exact) mass is 502 g/mol. The van der Waals surface area contributed by atoms with Gasteiger partial charge in [-0.2, -0.15) is 5.26 Å². The maximum atomic E-state index is 12.8. The number of methoxy groups -OCH3 is 2. The molecule has 1 aromatic heterocycles. The summed E-state index contributed by atoms with van der Waals surface area (Å²) in [6, 6.07) is 13.9. The van der Waals surface area contributed by atoms with Crippen LogP contribution in [-0.4, -0.2) is 49.4 Å². The predicted octanol–water partition coefficient (Wildman–Crippen LogP) is 4.97. The summed E-state index contributed by atoms with van der Waals surface area (Å²) in [5.74, 6) is 1.32. The summed E-state index contributed by atoms with van der Waals surface area (Å²) < 4.78 is 11.1. The van der Waals surface area contributed by atoms with Crippen LogP contribution in [0.2, 0.25) is 0 Å². The Kier molecular flexibility index (Phi) is 7.82. The molecule has 1 aliphatic heterocycles. The third-order valence-corrected chi connectivity index (χ3v) is 7.12. The van der Waals surface area contributed by atoms with Crippen molar-refractivity contribution in [3.63, 3.8) is 0 Å². The van der Waals surface area contributed by atoms with Crippen LogP contribution in [-0.2, 0) is 17.8 Å². The van der Waals surface area contributed by atoms with E-state index < -0.39 is 0 Å². The maximum absolute atomic E-state index is 12.8. The number of hydrogen-bond acceptors (Lipinski definition) is 7. The van der Waals surface area contributed by atoms with E-state index in [1.54, 1.807) is 14.2 Å². The van der Waals surface area contributed by atoms with Crippen LogP contribution < -0.4 is 14.8 Å². The standard InChI is InChI=1S/C28H30N4O3S/c1-17-10-18(2)12-19(11-17)30-26(33)16-36-28-22(14-29)27(23-15-32(3)9-8-24(23)31-28)21-13-20(34-4)6-7-25(21)35-5/h6-7,10-13H,8-9,15-16H2,1-5H3,(H,30,33). The summed E-state index contributed by atoms with van der Waals surface area (Å²) in [6.07, 6.45) is 0.763. The van der Waals surface area contributed by atoms with Crippen LogP contribution in [0.15, 0.2) is 41.4 Å². The Bertz CT molecular complexity index is 1330. The smallest absolute Gasteiger partial charge is 0.234 e. The van der Waals surface area contributed by atoms with Crippen LogP contribution in [0.4, 0.5) is 5.69 Å². The molecule has 2 heterocycles. The third-order valence-electron chi connectivity index (χ3n) is 6.14. The van der Waals surface area contributed by atoms with Crippen molar-refractivity contribution in [1.82, 2.24) is 9.88 Å². The molecule has 0 unspecified atom stereocenters. The number of carbonyl (C=O) groups excluding carboxylic acids is 1. The van der Waals surface area contributed by atoms with Gasteiger partial charge in [0.15, 0.2) is 0 Å². The van der Waals surface area contributed by atoms with Crippen molar-refractivity contribution in [3.05, 3.63) is 64.3 Å². The lowest BCUT2D eigenvalue weighted by atomic mass is 9.91. The first-order chi connectivity index (χ1) is 17.3. The number of nitrogens with zero attached hydrogens (tertiary/aromatic N) is 3. The highest BCUT2D eigenvalue weighted by atomic mass is 32.2. The van der Waals surface area contributed by atoms with Gasteiger partial charge in [-0.25, -0.2) is 4.98 Å². The van der Waals surface area contributed by atoms with Crippen LogP contribution in [0.5, 0.6) is 11.5 Å². The lowest BCUT2D eigenvalue weighted by molar-refractivity contribution is -0.113. The zero-order chi connectivity index (χ0) is 25.8. The Morgan fingerprint density at radius 3 is 2.58 bits per heavy atom. The van der Waals surface area contributed by atoms with E-state index in [0.29, 0.717) is 28.6 Å². The molecule has 2 aromatic carbocycles. The van der Waals surface area contributed by atoms with Crippen molar-refractivity contribution >= 4 is 23.4 Å². The number of anilines is 1. The molecule has 0 aliphatic carbocycles. The van der Waals surface area contributed by atoms with Gasteiger partial charge in [-0.05, 0) is 67.9 Å². The highest BCUT2D eigenvalue weighted by Crippen LogP contribution is 2.42. The number of nitrogens with one attached hydrogen (secondary N) is 1. The molecule has 3 aromatic rings. The minimum atomic E-state index is -0.145. The zero-order valence-electron chi connectivity index (χ0n) is 21.3. The van der Waals surface area contributed by atoms with E-state index in [-0.39, 0.29) is 11.7 Å². The molecule has 1 aliphatic rings. The number of rotatable bonds is 7. The number of aromatic nitrogens is 1. The quantitative estimate of drug-likeness (QED) is 0.456. The van der Waals surface area contributed by atoms with E-state index in [4.69, 9.17) is 14.5 Å². The summed E-state index contributed by atoms with van der Waals surface area (Å²) in [7, 11) is 5.29. The Labute approximate surface area is 216 Å². The number of thioether (sulfide) groups is 1. The van der Waals surface area contributed by atoms with E-state index in [0.717, 1.165) is 52.2 Å². The average Bonchev–Trinajstić information content (AvgIpc) is 2.85. The second-order valence-electron chi connectivity index (χ2n) is 8.97. The second-order valence-corrected chi connectivity index (χ2v) is 9.94. The number of ether oxygens (including phenoxy) is 2. The Balaban J connectivity index is 1.73. The fraction of sp³-hybridized carbons (Fsp3) is 0.321. The Morgan fingerprint density at radius 1 is 1.17 bits per heavy atom. The van der Waals surface area contributed by atoms with Crippen molar-refractivity contribution in [2.75, 3.05) is 38.9 Å². The molecule has 4 rings (SSSR count). The van der Waals surface area contributed by atoms with Crippen LogP contribution in [0.25, 0.3) is 11.1 Å². The topological polar surface area (TPSA) is 87.5 Å². The zero-order valence-corrected chi connectivity index (χ0v) is 22.1. The first-order valence-electron chi connectivity index (χ1n) is 11.7. The van der Waals surface area contributed by atoms with Crippen molar-refractivity contribution < 1.29 is 14.3 Å². The molecule has 1 N–H and O–H groups in total. The van der Waals surface area contributed by atoms with Gasteiger partial charge in [0.2, 0.25) is 5.91 Å². The molecular formula is C28H30N4O3S. The van der Waals surface area contributed by atoms with Gasteiger partial charge >= 0.3 is 0 Å². The SMILES string of the molecule is COc1ccc(OC)c(-c2c(C#N)c(SCC(=O)Nc3cc(C)cc(C)c3)nc3c2CN(C)CC3)c1. The van der Waals surface area contributed by atoms with Crippen LogP contribution in [0, 0.1) is 25.2 Å². The van der Waals surface area contributed by atoms with Crippen molar-refractivity contribution in [2.24, 2.45) is 0 Å². The summed E-state index contributed by atoms with van der Waals surface area (Å²) in [5, 5.41) is 13.8. The van der Waals surface area contributed by atoms with Gasteiger partial charge in [0.05, 0.1) is 25.5 Å². The van der Waals surface area contributed by atoms with Crippen molar-refractivity contribution in [3.8, 4) is 28.7 Å². The number of amides is 1. The molecule has 0 spiro atoms. The molecule has 0 saturated carbocycles. The summed E-state index contributed by atoms with van der Waals surface area (Å²) >= 11 is 1.28. The molecule has 1 amide bonds. The summed E-state index contributed by atoms with van der Waals surface area (Å²) in [5.41, 5.74) is 6.92. The fourth-order valence-electron chi connectivity index (χ4n) is 4.56. The molecular weight excluding hydrogens is 472 g/mol. The molecule has 0 bridgehead atoms. The molecule has 8 heteroatoms. The Morgan fingerprint density at radius 2 is 1.92 bits per heavy atom. The van der Waals surface area contributed by atoms with E-state index in [2.05, 4.69) is 29.4 Å². The molecule has 186 valence electrons. The van der Waals surface area contributed by atoms with E-state index in [9.17, 15) is 10.1 Å². The van der Waals surface area contributed by atoms with Gasteiger partial charge in [0, 0.05) is 42.0 Å². The van der Waals surface area contributed by atoms with Gasteiger partial charge in [0.1, 0.15) is 22.6 Å². The average molecular weight is 503 g/mol. The second kappa shape index (κ2) is 11.0. The van der Waals surface area contributed by atoms with Gasteiger partial charge in [-0.3, -0.25) is 4.79 Å². The normalized spacial score (nSPS) is 13.0. The number of nitriles is 1. The van der Waals surface area contributed by atoms with Gasteiger partial charge < -0.3 is 19.7 Å². The lowest BCUT2D eigenvalue weighted by Crippen LogP contribution is -2.28. The molecule has 0 radical (unpaired) electrons. The number of aryl methyl sites for hydroxylation is 2. The number of fused-ring (bicyclic) bond motifs is 1. The largest absolute Gasteiger partial charge is 0.497 e. The number of pyridine rings is 1. The van der Waals surface area contributed by atoms with Gasteiger partial charge in [-0.1, -0.05) is 17.8 Å². The first-order valence-corrected chi connectivity index (χ1v) is 12.7. The number of carbonyl (C=O) groups is 1. The first kappa shape index (κ1) is 25.5. The lowest BCUT2D eigenvalue weighted by Gasteiger charge is -2.28. The van der Waals surface area contributed by atoms with Crippen LogP contribution in [0.3, 0.4) is 0 Å². The van der Waals surface area contributed by atoms with Crippen molar-refractivity contribution in [1.29, 1.82) is 5.26 Å². The van der Waals surface area contributed by atoms with Crippen LogP contribution >= 0.6 is 11.8 Å². The van der Waals surface area contributed by atoms with Crippen molar-refractivity contribution in [2.45, 2.75) is 31.8 Å². The Hall–Kier alpha value is -3.54. The minimum absolute atomic E-state index is 0.141. The highest BCUT2D eigenvalue weighted by molar-refractivity contribution is 8.00. The highest BCUT2D eigenvalue weighted by Gasteiger charge is 2.27. The molecule has 7 nitrogen and oxygen atoms in total. The maximum Gasteiger partial charge on any atom is 0.234 e. The molecule has 36 heavy (non-hydrogen) atoms. The van der Waals surface area contributed by atoms with Crippen LogP contribution in [0.1, 0.15) is 27.9 Å². The molecule has 0 saturated heterocycles. The number of likely N-dealkylation sites (N-methyl/N-ethyl adjacent to an activating group) is 1. The summed E-state index contributed by atoms with van der Waals surface area (Å²) in [6.45, 7) is 5.54. The fourth-order valence-corrected chi connectivity index (χ4v) is 5.37.